The van der Waals surface area contributed by atoms with Crippen molar-refractivity contribution in [1.82, 2.24) is 14.3 Å². The zero-order chi connectivity index (χ0) is 14.6. The number of nitrogen functional groups attached to an aromatic ring is 1. The molecule has 0 aliphatic carbocycles. The Bertz CT molecular complexity index is 675. The molecule has 3 N–H and O–H groups in total. The average molecular weight is 293 g/mol. The summed E-state index contributed by atoms with van der Waals surface area (Å²) in [7, 11) is -2.17. The SMILES string of the molecule is CN(Cc1ccncc1)S(=O)(=O)c1cnccc1NN. The Labute approximate surface area is 117 Å². The minimum atomic E-state index is -3.67. The molecule has 2 aromatic heterocycles. The number of hydrogen-bond donors (Lipinski definition) is 2. The van der Waals surface area contributed by atoms with Crippen molar-refractivity contribution in [3.05, 3.63) is 48.5 Å². The van der Waals surface area contributed by atoms with Gasteiger partial charge in [0.1, 0.15) is 4.90 Å². The van der Waals surface area contributed by atoms with Crippen molar-refractivity contribution in [2.45, 2.75) is 11.4 Å². The second-order valence-electron chi connectivity index (χ2n) is 4.13. The summed E-state index contributed by atoms with van der Waals surface area (Å²) in [6, 6.07) is 5.03. The first-order valence-corrected chi connectivity index (χ1v) is 7.25. The summed E-state index contributed by atoms with van der Waals surface area (Å²) in [6.45, 7) is 0.240. The lowest BCUT2D eigenvalue weighted by atomic mass is 10.3. The summed E-state index contributed by atoms with van der Waals surface area (Å²) in [5.74, 6) is 5.33. The van der Waals surface area contributed by atoms with Gasteiger partial charge in [-0.1, -0.05) is 0 Å². The van der Waals surface area contributed by atoms with Crippen molar-refractivity contribution in [2.75, 3.05) is 12.5 Å². The van der Waals surface area contributed by atoms with Gasteiger partial charge in [0.2, 0.25) is 10.0 Å². The lowest BCUT2D eigenvalue weighted by Gasteiger charge is -2.18. The van der Waals surface area contributed by atoms with E-state index < -0.39 is 10.0 Å². The summed E-state index contributed by atoms with van der Waals surface area (Å²) >= 11 is 0. The number of nitrogens with zero attached hydrogens (tertiary/aromatic N) is 3. The average Bonchev–Trinajstić information content (AvgIpc) is 2.48. The smallest absolute Gasteiger partial charge is 0.246 e. The van der Waals surface area contributed by atoms with Crippen molar-refractivity contribution in [1.29, 1.82) is 0 Å². The Balaban J connectivity index is 2.30. The first kappa shape index (κ1) is 14.4. The van der Waals surface area contributed by atoms with Crippen LogP contribution in [0.3, 0.4) is 0 Å². The predicted molar refractivity (Wildman–Crippen MR) is 74.9 cm³/mol. The van der Waals surface area contributed by atoms with E-state index in [0.717, 1.165) is 5.56 Å². The van der Waals surface area contributed by atoms with E-state index in [9.17, 15) is 8.42 Å². The second kappa shape index (κ2) is 5.95. The van der Waals surface area contributed by atoms with E-state index in [1.807, 2.05) is 0 Å². The first-order valence-electron chi connectivity index (χ1n) is 5.81. The van der Waals surface area contributed by atoms with Gasteiger partial charge in [-0.05, 0) is 23.8 Å². The monoisotopic (exact) mass is 293 g/mol. The Hall–Kier alpha value is -2.03. The lowest BCUT2D eigenvalue weighted by molar-refractivity contribution is 0.466. The van der Waals surface area contributed by atoms with E-state index >= 15 is 0 Å². The molecule has 7 nitrogen and oxygen atoms in total. The van der Waals surface area contributed by atoms with Gasteiger partial charge < -0.3 is 5.43 Å². The maximum Gasteiger partial charge on any atom is 0.246 e. The molecule has 0 aromatic carbocycles. The van der Waals surface area contributed by atoms with Crippen molar-refractivity contribution in [2.24, 2.45) is 5.84 Å². The molecule has 0 aliphatic rings. The number of pyridine rings is 2. The van der Waals surface area contributed by atoms with Gasteiger partial charge >= 0.3 is 0 Å². The van der Waals surface area contributed by atoms with Crippen LogP contribution in [0, 0.1) is 0 Å². The van der Waals surface area contributed by atoms with Gasteiger partial charge in [-0.25, -0.2) is 8.42 Å². The Morgan fingerprint density at radius 1 is 1.20 bits per heavy atom. The van der Waals surface area contributed by atoms with Crippen LogP contribution in [0.2, 0.25) is 0 Å². The molecule has 0 fully saturated rings. The number of anilines is 1. The number of rotatable bonds is 5. The van der Waals surface area contributed by atoms with Gasteiger partial charge in [0.15, 0.2) is 0 Å². The molecule has 0 spiro atoms. The third kappa shape index (κ3) is 2.93. The molecule has 8 heteroatoms. The third-order valence-electron chi connectivity index (χ3n) is 2.78. The minimum absolute atomic E-state index is 0.0408. The molecule has 0 atom stereocenters. The number of nitrogens with one attached hydrogen (secondary N) is 1. The van der Waals surface area contributed by atoms with Gasteiger partial charge in [0, 0.05) is 38.4 Å². The highest BCUT2D eigenvalue weighted by Gasteiger charge is 2.24. The maximum absolute atomic E-state index is 12.5. The Morgan fingerprint density at radius 3 is 2.50 bits per heavy atom. The molecule has 0 unspecified atom stereocenters. The normalized spacial score (nSPS) is 11.6. The number of sulfonamides is 1. The molecule has 0 bridgehead atoms. The number of nitrogens with two attached hydrogens (primary N) is 1. The van der Waals surface area contributed by atoms with E-state index in [1.165, 1.54) is 29.8 Å². The van der Waals surface area contributed by atoms with Crippen molar-refractivity contribution in [3.63, 3.8) is 0 Å². The zero-order valence-electron chi connectivity index (χ0n) is 10.9. The van der Waals surface area contributed by atoms with Crippen LogP contribution in [0.1, 0.15) is 5.56 Å². The van der Waals surface area contributed by atoms with E-state index in [-0.39, 0.29) is 11.4 Å². The number of hydrogen-bond acceptors (Lipinski definition) is 6. The highest BCUT2D eigenvalue weighted by atomic mass is 32.2. The summed E-state index contributed by atoms with van der Waals surface area (Å²) in [5, 5.41) is 0. The van der Waals surface area contributed by atoms with Gasteiger partial charge in [-0.2, -0.15) is 4.31 Å². The summed E-state index contributed by atoms with van der Waals surface area (Å²) in [6.07, 6.45) is 5.98. The van der Waals surface area contributed by atoms with E-state index in [0.29, 0.717) is 5.69 Å². The lowest BCUT2D eigenvalue weighted by Crippen LogP contribution is -2.28. The van der Waals surface area contributed by atoms with E-state index in [2.05, 4.69) is 15.4 Å². The second-order valence-corrected chi connectivity index (χ2v) is 6.15. The van der Waals surface area contributed by atoms with Crippen LogP contribution in [0.4, 0.5) is 5.69 Å². The molecule has 106 valence electrons. The fourth-order valence-corrected chi connectivity index (χ4v) is 2.96. The number of aromatic nitrogens is 2. The van der Waals surface area contributed by atoms with Crippen LogP contribution in [0.25, 0.3) is 0 Å². The van der Waals surface area contributed by atoms with Gasteiger partial charge in [0.05, 0.1) is 5.69 Å². The van der Waals surface area contributed by atoms with Crippen molar-refractivity contribution < 1.29 is 8.42 Å². The molecule has 2 rings (SSSR count). The Morgan fingerprint density at radius 2 is 1.85 bits per heavy atom. The standard InChI is InChI=1S/C12H15N5O2S/c1-17(9-10-2-5-14-6-3-10)20(18,19)12-8-15-7-4-11(12)16-13/h2-8H,9,13H2,1H3,(H,15,16). The fraction of sp³-hybridized carbons (Fsp3) is 0.167. The number of hydrazine groups is 1. The quantitative estimate of drug-likeness (QED) is 0.618. The Kier molecular flexibility index (Phi) is 4.28. The van der Waals surface area contributed by atoms with Gasteiger partial charge in [0.25, 0.3) is 0 Å². The van der Waals surface area contributed by atoms with Crippen LogP contribution < -0.4 is 11.3 Å². The van der Waals surface area contributed by atoms with E-state index in [4.69, 9.17) is 5.84 Å². The molecule has 0 saturated carbocycles. The van der Waals surface area contributed by atoms with Crippen LogP contribution >= 0.6 is 0 Å². The molecule has 0 saturated heterocycles. The van der Waals surface area contributed by atoms with E-state index in [1.54, 1.807) is 24.5 Å². The van der Waals surface area contributed by atoms with Gasteiger partial charge in [-0.3, -0.25) is 15.8 Å². The minimum Gasteiger partial charge on any atom is -0.323 e. The summed E-state index contributed by atoms with van der Waals surface area (Å²) in [4.78, 5) is 7.77. The summed E-state index contributed by atoms with van der Waals surface area (Å²) in [5.41, 5.74) is 3.52. The summed E-state index contributed by atoms with van der Waals surface area (Å²) < 4.78 is 26.2. The predicted octanol–water partition coefficient (Wildman–Crippen LogP) is 0.583. The molecule has 0 aliphatic heterocycles. The topological polar surface area (TPSA) is 101 Å². The fourth-order valence-electron chi connectivity index (χ4n) is 1.70. The largest absolute Gasteiger partial charge is 0.323 e. The van der Waals surface area contributed by atoms with Crippen molar-refractivity contribution >= 4 is 15.7 Å². The molecule has 0 radical (unpaired) electrons. The van der Waals surface area contributed by atoms with Crippen LogP contribution in [-0.2, 0) is 16.6 Å². The van der Waals surface area contributed by atoms with Crippen molar-refractivity contribution in [3.8, 4) is 0 Å². The zero-order valence-corrected chi connectivity index (χ0v) is 11.7. The third-order valence-corrected chi connectivity index (χ3v) is 4.61. The molecule has 20 heavy (non-hydrogen) atoms. The highest BCUT2D eigenvalue weighted by molar-refractivity contribution is 7.89. The molecular weight excluding hydrogens is 278 g/mol. The first-order chi connectivity index (χ1) is 9.55. The molecule has 2 aromatic rings. The van der Waals surface area contributed by atoms with Crippen LogP contribution in [-0.4, -0.2) is 29.7 Å². The highest BCUT2D eigenvalue weighted by Crippen LogP contribution is 2.22. The molecule has 0 amide bonds. The van der Waals surface area contributed by atoms with Crippen LogP contribution in [0.5, 0.6) is 0 Å². The molecule has 2 heterocycles. The van der Waals surface area contributed by atoms with Gasteiger partial charge in [-0.15, -0.1) is 0 Å². The molecular formula is C12H15N5O2S. The maximum atomic E-state index is 12.5. The van der Waals surface area contributed by atoms with Crippen LogP contribution in [0.15, 0.2) is 47.9 Å².